The van der Waals surface area contributed by atoms with Gasteiger partial charge in [0.1, 0.15) is 11.8 Å². The summed E-state index contributed by atoms with van der Waals surface area (Å²) in [7, 11) is -2.73. The van der Waals surface area contributed by atoms with Crippen LogP contribution in [0.3, 0.4) is 0 Å². The topological polar surface area (TPSA) is 59.0 Å². The van der Waals surface area contributed by atoms with Crippen LogP contribution >= 0.6 is 0 Å². The van der Waals surface area contributed by atoms with Crippen LogP contribution in [0.1, 0.15) is 60.8 Å². The predicted molar refractivity (Wildman–Crippen MR) is 135 cm³/mol. The molecule has 180 valence electrons. The Bertz CT molecular complexity index is 866. The van der Waals surface area contributed by atoms with E-state index in [1.54, 1.807) is 0 Å². The maximum Gasteiger partial charge on any atom is 0.412 e. The van der Waals surface area contributed by atoms with Crippen LogP contribution in [0.15, 0.2) is 60.7 Å². The van der Waals surface area contributed by atoms with E-state index in [-0.39, 0.29) is 11.1 Å². The summed E-state index contributed by atoms with van der Waals surface area (Å²) in [6, 6.07) is 20.7. The molecule has 1 N–H and O–H groups in total. The van der Waals surface area contributed by atoms with Crippen molar-refractivity contribution < 1.29 is 19.1 Å². The highest BCUT2D eigenvalue weighted by molar-refractivity contribution is 6.99. The molecule has 1 heterocycles. The number of rotatable bonds is 5. The van der Waals surface area contributed by atoms with Crippen molar-refractivity contribution >= 4 is 24.8 Å². The van der Waals surface area contributed by atoms with Crippen molar-refractivity contribution in [1.82, 2.24) is 4.90 Å². The van der Waals surface area contributed by atoms with Crippen molar-refractivity contribution in [3.8, 4) is 0 Å². The van der Waals surface area contributed by atoms with Crippen LogP contribution in [0.25, 0.3) is 0 Å². The Morgan fingerprint density at radius 1 is 0.939 bits per heavy atom. The molecule has 3 rings (SSSR count). The van der Waals surface area contributed by atoms with E-state index in [0.29, 0.717) is 13.0 Å². The molecule has 1 aliphatic heterocycles. The van der Waals surface area contributed by atoms with Crippen LogP contribution in [-0.2, 0) is 9.16 Å². The van der Waals surface area contributed by atoms with E-state index in [4.69, 9.17) is 9.16 Å². The first-order chi connectivity index (χ1) is 15.5. The number of benzene rings is 2. The molecule has 6 heteroatoms. The molecule has 0 saturated carbocycles. The minimum absolute atomic E-state index is 0.153. The standard InChI is InChI=1S/C27H39NO4Si/c1-26(2,3)32-25(30)28-21(14-13-19-24(28)29)20-31-33(27(4,5)6,22-15-9-7-10-16-22)23-17-11-8-12-18-23/h7-12,15-18,21,24,29H,13-14,19-20H2,1-6H3/t21-,24?/m1/s1. The number of nitrogens with zero attached hydrogens (tertiary/aromatic N) is 1. The van der Waals surface area contributed by atoms with E-state index in [1.165, 1.54) is 15.3 Å². The lowest BCUT2D eigenvalue weighted by Gasteiger charge is -2.46. The van der Waals surface area contributed by atoms with Crippen molar-refractivity contribution in [3.63, 3.8) is 0 Å². The first kappa shape index (κ1) is 25.5. The average molecular weight is 470 g/mol. The number of ether oxygens (including phenoxy) is 1. The summed E-state index contributed by atoms with van der Waals surface area (Å²) in [5.41, 5.74) is -0.627. The van der Waals surface area contributed by atoms with E-state index in [2.05, 4.69) is 69.3 Å². The van der Waals surface area contributed by atoms with Crippen molar-refractivity contribution in [2.75, 3.05) is 6.61 Å². The van der Waals surface area contributed by atoms with Crippen LogP contribution in [-0.4, -0.2) is 48.9 Å². The summed E-state index contributed by atoms with van der Waals surface area (Å²) in [4.78, 5) is 14.5. The number of amides is 1. The summed E-state index contributed by atoms with van der Waals surface area (Å²) in [6.45, 7) is 12.6. The van der Waals surface area contributed by atoms with Crippen molar-refractivity contribution in [3.05, 3.63) is 60.7 Å². The molecule has 2 aromatic rings. The fourth-order valence-electron chi connectivity index (χ4n) is 4.79. The zero-order chi connectivity index (χ0) is 24.3. The van der Waals surface area contributed by atoms with Gasteiger partial charge in [-0.25, -0.2) is 4.79 Å². The van der Waals surface area contributed by atoms with Crippen LogP contribution < -0.4 is 10.4 Å². The third-order valence-corrected chi connectivity index (χ3v) is 11.2. The first-order valence-corrected chi connectivity index (χ1v) is 13.8. The van der Waals surface area contributed by atoms with Crippen LogP contribution in [0.5, 0.6) is 0 Å². The van der Waals surface area contributed by atoms with Gasteiger partial charge in [-0.2, -0.15) is 0 Å². The minimum atomic E-state index is -2.73. The highest BCUT2D eigenvalue weighted by atomic mass is 28.4. The fraction of sp³-hybridized carbons (Fsp3) is 0.519. The molecule has 0 aromatic heterocycles. The van der Waals surface area contributed by atoms with Crippen LogP contribution in [0.4, 0.5) is 4.79 Å². The SMILES string of the molecule is CC(C)(C)OC(=O)N1C(O)CCC[C@@H]1CO[Si](c1ccccc1)(c1ccccc1)C(C)(C)C. The summed E-state index contributed by atoms with van der Waals surface area (Å²) in [5.74, 6) is 0. The molecule has 0 aliphatic carbocycles. The summed E-state index contributed by atoms with van der Waals surface area (Å²) in [6.07, 6.45) is 0.825. The molecule has 1 unspecified atom stereocenters. The Hall–Kier alpha value is -2.15. The molecule has 1 aliphatic rings. The number of carbonyl (C=O) groups is 1. The minimum Gasteiger partial charge on any atom is -0.444 e. The molecule has 33 heavy (non-hydrogen) atoms. The second-order valence-corrected chi connectivity index (χ2v) is 15.2. The third kappa shape index (κ3) is 5.68. The average Bonchev–Trinajstić information content (AvgIpc) is 2.73. The number of piperidine rings is 1. The Balaban J connectivity index is 1.99. The number of hydrogen-bond donors (Lipinski definition) is 1. The van der Waals surface area contributed by atoms with E-state index in [0.717, 1.165) is 12.8 Å². The van der Waals surface area contributed by atoms with Gasteiger partial charge in [0.25, 0.3) is 8.32 Å². The summed E-state index contributed by atoms with van der Waals surface area (Å²) in [5, 5.41) is 13.0. The Labute approximate surface area is 199 Å². The maximum atomic E-state index is 13.0. The van der Waals surface area contributed by atoms with Gasteiger partial charge >= 0.3 is 6.09 Å². The smallest absolute Gasteiger partial charge is 0.412 e. The van der Waals surface area contributed by atoms with Gasteiger partial charge in [0.15, 0.2) is 0 Å². The Morgan fingerprint density at radius 3 is 1.91 bits per heavy atom. The lowest BCUT2D eigenvalue weighted by Crippen LogP contribution is -2.67. The molecule has 1 amide bonds. The second-order valence-electron chi connectivity index (χ2n) is 10.9. The van der Waals surface area contributed by atoms with Gasteiger partial charge in [-0.05, 0) is 55.4 Å². The maximum absolute atomic E-state index is 13.0. The summed E-state index contributed by atoms with van der Waals surface area (Å²) >= 11 is 0. The van der Waals surface area contributed by atoms with Gasteiger partial charge in [-0.1, -0.05) is 81.4 Å². The van der Waals surface area contributed by atoms with Crippen molar-refractivity contribution in [2.45, 2.75) is 83.7 Å². The molecule has 5 nitrogen and oxygen atoms in total. The van der Waals surface area contributed by atoms with E-state index >= 15 is 0 Å². The van der Waals surface area contributed by atoms with Gasteiger partial charge in [0, 0.05) is 0 Å². The Morgan fingerprint density at radius 2 is 1.45 bits per heavy atom. The largest absolute Gasteiger partial charge is 0.444 e. The molecule has 1 fully saturated rings. The number of likely N-dealkylation sites (tertiary alicyclic amines) is 1. The molecule has 2 atom stereocenters. The third-order valence-electron chi connectivity index (χ3n) is 6.23. The van der Waals surface area contributed by atoms with Gasteiger partial charge in [-0.3, -0.25) is 4.90 Å². The molecular formula is C27H39NO4Si. The van der Waals surface area contributed by atoms with Crippen molar-refractivity contribution in [2.24, 2.45) is 0 Å². The predicted octanol–water partition coefficient (Wildman–Crippen LogP) is 4.67. The van der Waals surface area contributed by atoms with Crippen LogP contribution in [0, 0.1) is 0 Å². The fourth-order valence-corrected chi connectivity index (χ4v) is 9.39. The second kappa shape index (κ2) is 10.00. The lowest BCUT2D eigenvalue weighted by atomic mass is 10.0. The van der Waals surface area contributed by atoms with Crippen molar-refractivity contribution in [1.29, 1.82) is 0 Å². The van der Waals surface area contributed by atoms with Gasteiger partial charge in [-0.15, -0.1) is 0 Å². The van der Waals surface area contributed by atoms with E-state index < -0.39 is 26.2 Å². The molecule has 0 spiro atoms. The van der Waals surface area contributed by atoms with Gasteiger partial charge in [0.2, 0.25) is 0 Å². The quantitative estimate of drug-likeness (QED) is 0.647. The molecule has 0 bridgehead atoms. The lowest BCUT2D eigenvalue weighted by molar-refractivity contribution is -0.0746. The summed E-state index contributed by atoms with van der Waals surface area (Å²) < 4.78 is 12.7. The zero-order valence-corrected chi connectivity index (χ0v) is 21.9. The van der Waals surface area contributed by atoms with Gasteiger partial charge in [0.05, 0.1) is 12.6 Å². The molecular weight excluding hydrogens is 430 g/mol. The number of carbonyl (C=O) groups excluding carboxylic acids is 1. The van der Waals surface area contributed by atoms with E-state index in [9.17, 15) is 9.90 Å². The number of aliphatic hydroxyl groups excluding tert-OH is 1. The zero-order valence-electron chi connectivity index (χ0n) is 20.9. The Kier molecular flexibility index (Phi) is 7.71. The molecule has 0 radical (unpaired) electrons. The number of hydrogen-bond acceptors (Lipinski definition) is 4. The van der Waals surface area contributed by atoms with Gasteiger partial charge < -0.3 is 14.3 Å². The van der Waals surface area contributed by atoms with E-state index in [1.807, 2.05) is 32.9 Å². The van der Waals surface area contributed by atoms with Crippen LogP contribution in [0.2, 0.25) is 5.04 Å². The molecule has 2 aromatic carbocycles. The monoisotopic (exact) mass is 469 g/mol. The first-order valence-electron chi connectivity index (χ1n) is 11.9. The normalized spacial score (nSPS) is 19.9. The molecule has 1 saturated heterocycles. The highest BCUT2D eigenvalue weighted by Crippen LogP contribution is 2.37. The highest BCUT2D eigenvalue weighted by Gasteiger charge is 2.51. The number of aliphatic hydroxyl groups is 1.